The second kappa shape index (κ2) is 6.16. The van der Waals surface area contributed by atoms with Crippen LogP contribution in [0.25, 0.3) is 10.9 Å². The van der Waals surface area contributed by atoms with Gasteiger partial charge in [0.1, 0.15) is 5.75 Å². The molecular formula is C17H13N5O3. The van der Waals surface area contributed by atoms with Crippen molar-refractivity contribution in [3.63, 3.8) is 0 Å². The van der Waals surface area contributed by atoms with E-state index in [-0.39, 0.29) is 30.6 Å². The lowest BCUT2D eigenvalue weighted by atomic mass is 10.1. The average Bonchev–Trinajstić information content (AvgIpc) is 2.61. The van der Waals surface area contributed by atoms with Gasteiger partial charge in [-0.15, -0.1) is 5.11 Å². The van der Waals surface area contributed by atoms with E-state index in [1.165, 1.54) is 0 Å². The predicted octanol–water partition coefficient (Wildman–Crippen LogP) is 2.54. The van der Waals surface area contributed by atoms with Crippen LogP contribution in [0.2, 0.25) is 0 Å². The Hall–Kier alpha value is -3.55. The van der Waals surface area contributed by atoms with Gasteiger partial charge in [0.25, 0.3) is 11.5 Å². The monoisotopic (exact) mass is 335 g/mol. The van der Waals surface area contributed by atoms with Gasteiger partial charge in [0.05, 0.1) is 23.1 Å². The normalized spacial score (nSPS) is 13.5. The van der Waals surface area contributed by atoms with Crippen LogP contribution in [0.15, 0.2) is 57.5 Å². The van der Waals surface area contributed by atoms with Gasteiger partial charge < -0.3 is 10.1 Å². The highest BCUT2D eigenvalue weighted by molar-refractivity contribution is 5.95. The molecule has 2 heterocycles. The fourth-order valence-electron chi connectivity index (χ4n) is 2.53. The summed E-state index contributed by atoms with van der Waals surface area (Å²) in [6.45, 7) is 0.298. The number of H-pyrrole nitrogens is 1. The zero-order chi connectivity index (χ0) is 17.2. The van der Waals surface area contributed by atoms with Crippen molar-refractivity contribution in [2.24, 2.45) is 10.2 Å². The molecule has 1 amide bonds. The van der Waals surface area contributed by atoms with Crippen molar-refractivity contribution < 1.29 is 9.53 Å². The number of para-hydroxylation sites is 1. The van der Waals surface area contributed by atoms with Crippen LogP contribution in [0.3, 0.4) is 0 Å². The molecule has 1 aromatic heterocycles. The van der Waals surface area contributed by atoms with E-state index in [4.69, 9.17) is 4.74 Å². The second-order valence-electron chi connectivity index (χ2n) is 5.47. The quantitative estimate of drug-likeness (QED) is 0.717. The predicted molar refractivity (Wildman–Crippen MR) is 91.2 cm³/mol. The van der Waals surface area contributed by atoms with E-state index in [0.29, 0.717) is 22.3 Å². The van der Waals surface area contributed by atoms with Crippen molar-refractivity contribution in [3.05, 3.63) is 58.4 Å². The number of rotatable bonds is 3. The number of aromatic amines is 1. The molecule has 4 rings (SSSR count). The van der Waals surface area contributed by atoms with Gasteiger partial charge in [-0.25, -0.2) is 4.98 Å². The highest BCUT2D eigenvalue weighted by atomic mass is 16.5. The Morgan fingerprint density at radius 3 is 2.96 bits per heavy atom. The Morgan fingerprint density at radius 2 is 2.04 bits per heavy atom. The molecule has 2 aromatic carbocycles. The number of fused-ring (bicyclic) bond motifs is 2. The third-order valence-electron chi connectivity index (χ3n) is 3.70. The summed E-state index contributed by atoms with van der Waals surface area (Å²) in [6.07, 6.45) is 0. The molecular weight excluding hydrogens is 322 g/mol. The first kappa shape index (κ1) is 15.0. The summed E-state index contributed by atoms with van der Waals surface area (Å²) < 4.78 is 5.30. The second-order valence-corrected chi connectivity index (χ2v) is 5.47. The van der Waals surface area contributed by atoms with Gasteiger partial charge in [-0.2, -0.15) is 5.11 Å². The van der Waals surface area contributed by atoms with E-state index >= 15 is 0 Å². The average molecular weight is 335 g/mol. The Morgan fingerprint density at radius 1 is 1.16 bits per heavy atom. The lowest BCUT2D eigenvalue weighted by Gasteiger charge is -2.18. The van der Waals surface area contributed by atoms with Gasteiger partial charge in [0, 0.05) is 0 Å². The summed E-state index contributed by atoms with van der Waals surface area (Å²) in [4.78, 5) is 30.2. The molecule has 1 aliphatic rings. The molecule has 2 N–H and O–H groups in total. The van der Waals surface area contributed by atoms with E-state index in [0.717, 1.165) is 5.56 Å². The standard InChI is InChI=1S/C17H13N5O3/c23-15-9-25-14-6-5-10(7-13(14)19-15)8-18-22-17-20-12-4-2-1-3-11(12)16(24)21-17/h1-7H,8-9H2,(H,19,23)(H,20,21,24). The van der Waals surface area contributed by atoms with Crippen LogP contribution >= 0.6 is 0 Å². The number of amides is 1. The first-order chi connectivity index (χ1) is 12.2. The smallest absolute Gasteiger partial charge is 0.262 e. The van der Waals surface area contributed by atoms with E-state index in [1.807, 2.05) is 6.07 Å². The number of anilines is 1. The first-order valence-corrected chi connectivity index (χ1v) is 7.61. The molecule has 8 heteroatoms. The van der Waals surface area contributed by atoms with Crippen molar-refractivity contribution in [1.82, 2.24) is 9.97 Å². The first-order valence-electron chi connectivity index (χ1n) is 7.61. The highest BCUT2D eigenvalue weighted by Crippen LogP contribution is 2.28. The lowest BCUT2D eigenvalue weighted by Crippen LogP contribution is -2.25. The number of aromatic nitrogens is 2. The van der Waals surface area contributed by atoms with E-state index in [2.05, 4.69) is 25.5 Å². The molecule has 0 saturated heterocycles. The number of carbonyl (C=O) groups is 1. The van der Waals surface area contributed by atoms with E-state index in [9.17, 15) is 9.59 Å². The number of ether oxygens (including phenoxy) is 1. The molecule has 1 aliphatic heterocycles. The van der Waals surface area contributed by atoms with Crippen LogP contribution < -0.4 is 15.6 Å². The zero-order valence-corrected chi connectivity index (χ0v) is 13.0. The molecule has 0 unspecified atom stereocenters. The Kier molecular flexibility index (Phi) is 3.70. The van der Waals surface area contributed by atoms with Crippen LogP contribution in [0.1, 0.15) is 5.56 Å². The molecule has 3 aromatic rings. The number of carbonyl (C=O) groups excluding carboxylic acids is 1. The minimum Gasteiger partial charge on any atom is -0.482 e. The molecule has 25 heavy (non-hydrogen) atoms. The molecule has 0 saturated carbocycles. The van der Waals surface area contributed by atoms with Crippen molar-refractivity contribution in [3.8, 4) is 5.75 Å². The lowest BCUT2D eigenvalue weighted by molar-refractivity contribution is -0.118. The maximum atomic E-state index is 12.0. The minimum atomic E-state index is -0.256. The molecule has 0 aliphatic carbocycles. The molecule has 0 fully saturated rings. The zero-order valence-electron chi connectivity index (χ0n) is 13.0. The fraction of sp³-hybridized carbons (Fsp3) is 0.118. The Labute approximate surface area is 141 Å². The SMILES string of the molecule is O=C1COc2ccc(CN=Nc3nc4ccccc4c(=O)[nH]3)cc2N1. The van der Waals surface area contributed by atoms with Gasteiger partial charge in [-0.3, -0.25) is 14.6 Å². The summed E-state index contributed by atoms with van der Waals surface area (Å²) in [7, 11) is 0. The summed E-state index contributed by atoms with van der Waals surface area (Å²) >= 11 is 0. The summed E-state index contributed by atoms with van der Waals surface area (Å²) in [6, 6.07) is 12.4. The Bertz CT molecular complexity index is 1060. The third-order valence-corrected chi connectivity index (χ3v) is 3.70. The summed E-state index contributed by atoms with van der Waals surface area (Å²) in [5.41, 5.74) is 1.76. The van der Waals surface area contributed by atoms with Crippen LogP contribution in [0.5, 0.6) is 5.75 Å². The fourth-order valence-corrected chi connectivity index (χ4v) is 2.53. The van der Waals surface area contributed by atoms with Crippen molar-refractivity contribution in [2.75, 3.05) is 11.9 Å². The number of nitrogens with zero attached hydrogens (tertiary/aromatic N) is 3. The Balaban J connectivity index is 1.54. The van der Waals surface area contributed by atoms with E-state index in [1.54, 1.807) is 36.4 Å². The van der Waals surface area contributed by atoms with Crippen LogP contribution in [0, 0.1) is 0 Å². The number of nitrogens with one attached hydrogen (secondary N) is 2. The molecule has 0 bridgehead atoms. The summed E-state index contributed by atoms with van der Waals surface area (Å²) in [5.74, 6) is 0.586. The maximum absolute atomic E-state index is 12.0. The van der Waals surface area contributed by atoms with Crippen LogP contribution in [-0.4, -0.2) is 22.5 Å². The molecule has 0 spiro atoms. The molecule has 8 nitrogen and oxygen atoms in total. The van der Waals surface area contributed by atoms with Crippen molar-refractivity contribution in [1.29, 1.82) is 0 Å². The molecule has 0 atom stereocenters. The maximum Gasteiger partial charge on any atom is 0.262 e. The van der Waals surface area contributed by atoms with Crippen molar-refractivity contribution in [2.45, 2.75) is 6.54 Å². The van der Waals surface area contributed by atoms with Gasteiger partial charge in [0.2, 0.25) is 5.95 Å². The van der Waals surface area contributed by atoms with Crippen molar-refractivity contribution >= 4 is 28.4 Å². The third kappa shape index (κ3) is 3.09. The van der Waals surface area contributed by atoms with Gasteiger partial charge >= 0.3 is 0 Å². The summed E-state index contributed by atoms with van der Waals surface area (Å²) in [5, 5.41) is 11.3. The van der Waals surface area contributed by atoms with Gasteiger partial charge in [-0.1, -0.05) is 18.2 Å². The largest absolute Gasteiger partial charge is 0.482 e. The van der Waals surface area contributed by atoms with Gasteiger partial charge in [0.15, 0.2) is 6.61 Å². The van der Waals surface area contributed by atoms with E-state index < -0.39 is 0 Å². The van der Waals surface area contributed by atoms with Crippen LogP contribution in [-0.2, 0) is 11.3 Å². The number of azo groups is 1. The molecule has 124 valence electrons. The van der Waals surface area contributed by atoms with Crippen LogP contribution in [0.4, 0.5) is 11.6 Å². The van der Waals surface area contributed by atoms with Gasteiger partial charge in [-0.05, 0) is 29.8 Å². The number of benzene rings is 2. The number of hydrogen-bond donors (Lipinski definition) is 2. The highest BCUT2D eigenvalue weighted by Gasteiger charge is 2.15. The number of hydrogen-bond acceptors (Lipinski definition) is 6. The molecule has 0 radical (unpaired) electrons. The topological polar surface area (TPSA) is 109 Å². The minimum absolute atomic E-state index is 0.0209.